The smallest absolute Gasteiger partial charge is 0.267 e. The number of carbonyl (C=O) groups is 1. The van der Waals surface area contributed by atoms with Gasteiger partial charge >= 0.3 is 0 Å². The molecule has 23 heavy (non-hydrogen) atoms. The highest BCUT2D eigenvalue weighted by atomic mass is 35.5. The molecule has 2 aromatic heterocycles. The van der Waals surface area contributed by atoms with Crippen LogP contribution in [0.1, 0.15) is 35.3 Å². The third kappa shape index (κ3) is 3.43. The Balaban J connectivity index is 1.67. The van der Waals surface area contributed by atoms with Crippen molar-refractivity contribution in [2.45, 2.75) is 18.9 Å². The van der Waals surface area contributed by atoms with E-state index in [-0.39, 0.29) is 17.9 Å². The Bertz CT molecular complexity index is 694. The lowest BCUT2D eigenvalue weighted by molar-refractivity contribution is -0.0338. The molecule has 1 aliphatic rings. The van der Waals surface area contributed by atoms with Crippen LogP contribution in [0.2, 0.25) is 5.02 Å². The first kappa shape index (κ1) is 16.1. The summed E-state index contributed by atoms with van der Waals surface area (Å²) in [7, 11) is 3.77. The molecule has 124 valence electrons. The number of halogens is 1. The third-order valence-electron chi connectivity index (χ3n) is 4.29. The van der Waals surface area contributed by atoms with Crippen LogP contribution in [0.3, 0.4) is 0 Å². The van der Waals surface area contributed by atoms with Crippen molar-refractivity contribution in [3.8, 4) is 0 Å². The van der Waals surface area contributed by atoms with Crippen molar-refractivity contribution >= 4 is 17.5 Å². The molecule has 0 unspecified atom stereocenters. The minimum absolute atomic E-state index is 0.0824. The lowest BCUT2D eigenvalue weighted by atomic mass is 9.93. The summed E-state index contributed by atoms with van der Waals surface area (Å²) in [5, 5.41) is 3.56. The molecule has 0 spiro atoms. The fourth-order valence-corrected chi connectivity index (χ4v) is 3.30. The molecule has 3 rings (SSSR count). The predicted molar refractivity (Wildman–Crippen MR) is 87.4 cm³/mol. The number of imidazole rings is 1. The largest absolute Gasteiger partial charge is 0.370 e. The molecule has 0 radical (unpaired) electrons. The summed E-state index contributed by atoms with van der Waals surface area (Å²) in [6.07, 6.45) is 7.32. The number of amides is 1. The highest BCUT2D eigenvalue weighted by Gasteiger charge is 2.30. The molecule has 1 saturated heterocycles. The molecule has 1 N–H and O–H groups in total. The summed E-state index contributed by atoms with van der Waals surface area (Å²) in [6.45, 7) is 1.29. The minimum atomic E-state index is -0.122. The van der Waals surface area contributed by atoms with Crippen LogP contribution in [-0.2, 0) is 18.8 Å². The summed E-state index contributed by atoms with van der Waals surface area (Å²) < 4.78 is 9.62. The van der Waals surface area contributed by atoms with Gasteiger partial charge in [-0.2, -0.15) is 0 Å². The van der Waals surface area contributed by atoms with Gasteiger partial charge in [-0.25, -0.2) is 4.98 Å². The van der Waals surface area contributed by atoms with Crippen molar-refractivity contribution in [3.63, 3.8) is 0 Å². The van der Waals surface area contributed by atoms with E-state index >= 15 is 0 Å². The number of ether oxygens (including phenoxy) is 1. The summed E-state index contributed by atoms with van der Waals surface area (Å²) >= 11 is 5.93. The lowest BCUT2D eigenvalue weighted by Gasteiger charge is -2.31. The molecular weight excluding hydrogens is 316 g/mol. The van der Waals surface area contributed by atoms with Crippen LogP contribution >= 0.6 is 11.6 Å². The number of hydrogen-bond donors (Lipinski definition) is 1. The van der Waals surface area contributed by atoms with Gasteiger partial charge in [0.05, 0.1) is 5.02 Å². The van der Waals surface area contributed by atoms with E-state index in [1.54, 1.807) is 30.1 Å². The van der Waals surface area contributed by atoms with Gasteiger partial charge in [-0.1, -0.05) is 11.6 Å². The fraction of sp³-hybridized carbons (Fsp3) is 0.500. The van der Waals surface area contributed by atoms with Crippen LogP contribution in [0.25, 0.3) is 0 Å². The van der Waals surface area contributed by atoms with Crippen LogP contribution < -0.4 is 5.32 Å². The molecule has 0 aliphatic carbocycles. The molecule has 2 aromatic rings. The van der Waals surface area contributed by atoms with E-state index in [1.165, 1.54) is 0 Å². The van der Waals surface area contributed by atoms with Crippen LogP contribution in [0.4, 0.5) is 0 Å². The summed E-state index contributed by atoms with van der Waals surface area (Å²) in [5.41, 5.74) is 0.556. The zero-order valence-electron chi connectivity index (χ0n) is 13.3. The van der Waals surface area contributed by atoms with E-state index in [1.807, 2.05) is 17.8 Å². The molecule has 7 heteroatoms. The standard InChI is InChI=1S/C16H21ClN4O2/c1-20-6-5-18-15(20)14-11(4-3-7-23-14)9-19-16(22)13-8-12(17)10-21(13)2/h5-6,8,10-11,14H,3-4,7,9H2,1-2H3,(H,19,22)/t11-,14+/m0/s1. The average molecular weight is 337 g/mol. The van der Waals surface area contributed by atoms with Gasteiger partial charge in [-0.15, -0.1) is 0 Å². The second-order valence-corrected chi connectivity index (χ2v) is 6.39. The van der Waals surface area contributed by atoms with Crippen molar-refractivity contribution in [1.82, 2.24) is 19.4 Å². The Kier molecular flexibility index (Phi) is 4.73. The molecule has 0 saturated carbocycles. The predicted octanol–water partition coefficient (Wildman–Crippen LogP) is 2.31. The average Bonchev–Trinajstić information content (AvgIpc) is 3.10. The molecule has 6 nitrogen and oxygen atoms in total. The van der Waals surface area contributed by atoms with Gasteiger partial charge in [-0.3, -0.25) is 4.79 Å². The van der Waals surface area contributed by atoms with Gasteiger partial charge < -0.3 is 19.2 Å². The van der Waals surface area contributed by atoms with Crippen LogP contribution in [0.5, 0.6) is 0 Å². The van der Waals surface area contributed by atoms with Crippen molar-refractivity contribution in [1.29, 1.82) is 0 Å². The van der Waals surface area contributed by atoms with Crippen LogP contribution in [-0.4, -0.2) is 33.2 Å². The van der Waals surface area contributed by atoms with Crippen molar-refractivity contribution in [2.75, 3.05) is 13.2 Å². The number of carbonyl (C=O) groups excluding carboxylic acids is 1. The molecule has 1 aliphatic heterocycles. The fourth-order valence-electron chi connectivity index (χ4n) is 3.05. The highest BCUT2D eigenvalue weighted by molar-refractivity contribution is 6.31. The first-order valence-electron chi connectivity index (χ1n) is 7.75. The van der Waals surface area contributed by atoms with E-state index < -0.39 is 0 Å². The Hall–Kier alpha value is -1.79. The molecule has 0 bridgehead atoms. The van der Waals surface area contributed by atoms with Gasteiger partial charge in [0.25, 0.3) is 5.91 Å². The third-order valence-corrected chi connectivity index (χ3v) is 4.49. The lowest BCUT2D eigenvalue weighted by Crippen LogP contribution is -2.36. The number of aryl methyl sites for hydroxylation is 2. The Labute approximate surface area is 140 Å². The zero-order chi connectivity index (χ0) is 16.4. The molecule has 2 atom stereocenters. The van der Waals surface area contributed by atoms with Crippen molar-refractivity contribution < 1.29 is 9.53 Å². The second kappa shape index (κ2) is 6.76. The Morgan fingerprint density at radius 1 is 1.48 bits per heavy atom. The molecule has 0 aromatic carbocycles. The van der Waals surface area contributed by atoms with E-state index in [9.17, 15) is 4.79 Å². The first-order valence-corrected chi connectivity index (χ1v) is 8.13. The molecular formula is C16H21ClN4O2. The maximum Gasteiger partial charge on any atom is 0.267 e. The van der Waals surface area contributed by atoms with Crippen molar-refractivity contribution in [3.05, 3.63) is 41.2 Å². The normalized spacial score (nSPS) is 21.3. The van der Waals surface area contributed by atoms with Crippen LogP contribution in [0.15, 0.2) is 24.7 Å². The molecule has 1 amide bonds. The molecule has 3 heterocycles. The summed E-state index contributed by atoms with van der Waals surface area (Å²) in [6, 6.07) is 1.67. The van der Waals surface area contributed by atoms with Crippen LogP contribution in [0, 0.1) is 5.92 Å². The first-order chi connectivity index (χ1) is 11.1. The number of nitrogens with zero attached hydrogens (tertiary/aromatic N) is 3. The second-order valence-electron chi connectivity index (χ2n) is 5.95. The maximum absolute atomic E-state index is 12.3. The minimum Gasteiger partial charge on any atom is -0.370 e. The zero-order valence-corrected chi connectivity index (χ0v) is 14.1. The van der Waals surface area contributed by atoms with Gasteiger partial charge in [0.1, 0.15) is 17.6 Å². The van der Waals surface area contributed by atoms with Gasteiger partial charge in [-0.05, 0) is 18.9 Å². The Morgan fingerprint density at radius 2 is 2.30 bits per heavy atom. The maximum atomic E-state index is 12.3. The highest BCUT2D eigenvalue weighted by Crippen LogP contribution is 2.32. The summed E-state index contributed by atoms with van der Waals surface area (Å²) in [4.78, 5) is 16.7. The SMILES string of the molecule is Cn1cc(Cl)cc1C(=O)NC[C@@H]1CCCO[C@H]1c1nccn1C. The van der Waals surface area contributed by atoms with Gasteiger partial charge in [0.2, 0.25) is 0 Å². The van der Waals surface area contributed by atoms with E-state index in [0.717, 1.165) is 25.3 Å². The monoisotopic (exact) mass is 336 g/mol. The van der Waals surface area contributed by atoms with E-state index in [4.69, 9.17) is 16.3 Å². The van der Waals surface area contributed by atoms with Crippen molar-refractivity contribution in [2.24, 2.45) is 20.0 Å². The number of rotatable bonds is 4. The molecule has 1 fully saturated rings. The van der Waals surface area contributed by atoms with Gasteiger partial charge in [0.15, 0.2) is 0 Å². The summed E-state index contributed by atoms with van der Waals surface area (Å²) in [5.74, 6) is 0.999. The number of nitrogens with one attached hydrogen (secondary N) is 1. The number of hydrogen-bond acceptors (Lipinski definition) is 3. The Morgan fingerprint density at radius 3 is 2.96 bits per heavy atom. The van der Waals surface area contributed by atoms with E-state index in [2.05, 4.69) is 10.3 Å². The number of aromatic nitrogens is 3. The van der Waals surface area contributed by atoms with Gasteiger partial charge in [0, 0.05) is 51.8 Å². The van der Waals surface area contributed by atoms with E-state index in [0.29, 0.717) is 17.3 Å². The quantitative estimate of drug-likeness (QED) is 0.932. The topological polar surface area (TPSA) is 61.1 Å².